The molecule has 0 aromatic heterocycles. The fourth-order valence-electron chi connectivity index (χ4n) is 2.92. The first-order chi connectivity index (χ1) is 9.13. The molecule has 1 saturated heterocycles. The normalized spacial score (nSPS) is 20.1. The largest absolute Gasteiger partial charge is 0.398 e. The van der Waals surface area contributed by atoms with Gasteiger partial charge in [-0.1, -0.05) is 25.5 Å². The van der Waals surface area contributed by atoms with Crippen LogP contribution in [0.15, 0.2) is 18.2 Å². The summed E-state index contributed by atoms with van der Waals surface area (Å²) in [6.45, 7) is 5.92. The minimum absolute atomic E-state index is 0.104. The quantitative estimate of drug-likeness (QED) is 0.830. The Morgan fingerprint density at radius 3 is 2.84 bits per heavy atom. The maximum absolute atomic E-state index is 12.6. The van der Waals surface area contributed by atoms with Crippen LogP contribution in [0.3, 0.4) is 0 Å². The lowest BCUT2D eigenvalue weighted by molar-refractivity contribution is 0.0760. The number of nitrogens with two attached hydrogens (primary N) is 1. The standard InChI is InChI=1S/C16H24N2O/c1-3-13-7-5-10-18(11-9-13)16(19)15-12(2)6-4-8-14(15)17/h4,6,8,13H,3,5,7,9-11,17H2,1-2H3. The van der Waals surface area contributed by atoms with Crippen molar-refractivity contribution in [3.8, 4) is 0 Å². The van der Waals surface area contributed by atoms with Gasteiger partial charge in [-0.15, -0.1) is 0 Å². The molecule has 1 unspecified atom stereocenters. The highest BCUT2D eigenvalue weighted by molar-refractivity contribution is 6.00. The Balaban J connectivity index is 2.15. The molecule has 0 bridgehead atoms. The summed E-state index contributed by atoms with van der Waals surface area (Å²) in [5.41, 5.74) is 8.24. The van der Waals surface area contributed by atoms with Crippen molar-refractivity contribution in [2.45, 2.75) is 39.5 Å². The van der Waals surface area contributed by atoms with Crippen molar-refractivity contribution in [1.82, 2.24) is 4.90 Å². The Morgan fingerprint density at radius 2 is 2.16 bits per heavy atom. The summed E-state index contributed by atoms with van der Waals surface area (Å²) in [5.74, 6) is 0.874. The summed E-state index contributed by atoms with van der Waals surface area (Å²) in [7, 11) is 0. The molecule has 1 fully saturated rings. The van der Waals surface area contributed by atoms with Crippen molar-refractivity contribution in [2.24, 2.45) is 5.92 Å². The summed E-state index contributed by atoms with van der Waals surface area (Å²) in [6.07, 6.45) is 4.68. The molecule has 2 N–H and O–H groups in total. The van der Waals surface area contributed by atoms with Crippen molar-refractivity contribution >= 4 is 11.6 Å². The topological polar surface area (TPSA) is 46.3 Å². The van der Waals surface area contributed by atoms with Crippen molar-refractivity contribution < 1.29 is 4.79 Å². The molecule has 2 rings (SSSR count). The van der Waals surface area contributed by atoms with Gasteiger partial charge < -0.3 is 10.6 Å². The first kappa shape index (κ1) is 13.9. The number of amides is 1. The third-order valence-corrected chi connectivity index (χ3v) is 4.23. The van der Waals surface area contributed by atoms with E-state index in [2.05, 4.69) is 6.92 Å². The van der Waals surface area contributed by atoms with Crippen LogP contribution >= 0.6 is 0 Å². The van der Waals surface area contributed by atoms with Crippen molar-refractivity contribution in [3.05, 3.63) is 29.3 Å². The van der Waals surface area contributed by atoms with E-state index in [0.29, 0.717) is 11.3 Å². The van der Waals surface area contributed by atoms with E-state index in [0.717, 1.165) is 37.4 Å². The number of aryl methyl sites for hydroxylation is 1. The van der Waals surface area contributed by atoms with E-state index < -0.39 is 0 Å². The van der Waals surface area contributed by atoms with Crippen molar-refractivity contribution in [1.29, 1.82) is 0 Å². The molecule has 104 valence electrons. The third kappa shape index (κ3) is 3.09. The Labute approximate surface area is 115 Å². The molecule has 0 spiro atoms. The maximum Gasteiger partial charge on any atom is 0.256 e. The SMILES string of the molecule is CCC1CCCN(C(=O)c2c(C)cccc2N)CC1. The second-order valence-electron chi connectivity index (χ2n) is 5.54. The molecule has 1 aliphatic rings. The summed E-state index contributed by atoms with van der Waals surface area (Å²) >= 11 is 0. The number of hydrogen-bond acceptors (Lipinski definition) is 2. The van der Waals surface area contributed by atoms with Crippen LogP contribution in [0.4, 0.5) is 5.69 Å². The van der Waals surface area contributed by atoms with Gasteiger partial charge >= 0.3 is 0 Å². The number of nitrogen functional groups attached to an aromatic ring is 1. The van der Waals surface area contributed by atoms with Gasteiger partial charge in [-0.2, -0.15) is 0 Å². The number of nitrogens with zero attached hydrogens (tertiary/aromatic N) is 1. The second kappa shape index (κ2) is 6.09. The molecule has 1 heterocycles. The summed E-state index contributed by atoms with van der Waals surface area (Å²) in [4.78, 5) is 14.6. The zero-order chi connectivity index (χ0) is 13.8. The molecule has 19 heavy (non-hydrogen) atoms. The maximum atomic E-state index is 12.6. The van der Waals surface area contributed by atoms with Crippen LogP contribution in [-0.2, 0) is 0 Å². The van der Waals surface area contributed by atoms with Crippen LogP contribution < -0.4 is 5.73 Å². The lowest BCUT2D eigenvalue weighted by Gasteiger charge is -2.22. The zero-order valence-electron chi connectivity index (χ0n) is 12.0. The molecule has 1 atom stereocenters. The monoisotopic (exact) mass is 260 g/mol. The summed E-state index contributed by atoms with van der Waals surface area (Å²) < 4.78 is 0. The average molecular weight is 260 g/mol. The molecule has 0 aliphatic carbocycles. The molecule has 1 aliphatic heterocycles. The van der Waals surface area contributed by atoms with Gasteiger partial charge in [-0.05, 0) is 43.7 Å². The molecular weight excluding hydrogens is 236 g/mol. The fourth-order valence-corrected chi connectivity index (χ4v) is 2.92. The molecule has 3 heteroatoms. The van der Waals surface area contributed by atoms with Crippen LogP contribution in [0.2, 0.25) is 0 Å². The van der Waals surface area contributed by atoms with Crippen LogP contribution in [0.5, 0.6) is 0 Å². The van der Waals surface area contributed by atoms with E-state index in [1.165, 1.54) is 12.8 Å². The number of rotatable bonds is 2. The van der Waals surface area contributed by atoms with Gasteiger partial charge in [0.25, 0.3) is 5.91 Å². The third-order valence-electron chi connectivity index (χ3n) is 4.23. The number of carbonyl (C=O) groups is 1. The Kier molecular flexibility index (Phi) is 4.46. The van der Waals surface area contributed by atoms with Gasteiger partial charge in [0, 0.05) is 18.8 Å². The minimum atomic E-state index is 0.104. The first-order valence-corrected chi connectivity index (χ1v) is 7.27. The van der Waals surface area contributed by atoms with E-state index >= 15 is 0 Å². The lowest BCUT2D eigenvalue weighted by atomic mass is 9.98. The molecule has 1 amide bonds. The average Bonchev–Trinajstić information content (AvgIpc) is 2.63. The zero-order valence-corrected chi connectivity index (χ0v) is 12.0. The second-order valence-corrected chi connectivity index (χ2v) is 5.54. The number of hydrogen-bond donors (Lipinski definition) is 1. The van der Waals surface area contributed by atoms with Gasteiger partial charge in [-0.25, -0.2) is 0 Å². The highest BCUT2D eigenvalue weighted by atomic mass is 16.2. The van der Waals surface area contributed by atoms with E-state index in [1.807, 2.05) is 30.0 Å². The fraction of sp³-hybridized carbons (Fsp3) is 0.562. The Bertz CT molecular complexity index is 436. The molecule has 1 aromatic carbocycles. The van der Waals surface area contributed by atoms with Crippen molar-refractivity contribution in [2.75, 3.05) is 18.8 Å². The van der Waals surface area contributed by atoms with Gasteiger partial charge in [0.1, 0.15) is 0 Å². The lowest BCUT2D eigenvalue weighted by Crippen LogP contribution is -2.33. The van der Waals surface area contributed by atoms with E-state index in [-0.39, 0.29) is 5.91 Å². The van der Waals surface area contributed by atoms with Crippen LogP contribution in [0.1, 0.15) is 48.5 Å². The smallest absolute Gasteiger partial charge is 0.256 e. The number of benzene rings is 1. The van der Waals surface area contributed by atoms with E-state index in [4.69, 9.17) is 5.73 Å². The molecule has 1 aromatic rings. The predicted molar refractivity (Wildman–Crippen MR) is 79.1 cm³/mol. The summed E-state index contributed by atoms with van der Waals surface area (Å²) in [6, 6.07) is 5.67. The molecule has 0 saturated carbocycles. The summed E-state index contributed by atoms with van der Waals surface area (Å²) in [5, 5.41) is 0. The highest BCUT2D eigenvalue weighted by Crippen LogP contribution is 2.24. The highest BCUT2D eigenvalue weighted by Gasteiger charge is 2.23. The Morgan fingerprint density at radius 1 is 1.37 bits per heavy atom. The van der Waals surface area contributed by atoms with Crippen LogP contribution in [0, 0.1) is 12.8 Å². The Hall–Kier alpha value is -1.51. The predicted octanol–water partition coefficient (Wildman–Crippen LogP) is 3.23. The molecule has 3 nitrogen and oxygen atoms in total. The van der Waals surface area contributed by atoms with Gasteiger partial charge in [0.15, 0.2) is 0 Å². The van der Waals surface area contributed by atoms with Crippen LogP contribution in [-0.4, -0.2) is 23.9 Å². The number of anilines is 1. The molecular formula is C16H24N2O. The molecule has 0 radical (unpaired) electrons. The van der Waals surface area contributed by atoms with E-state index in [9.17, 15) is 4.79 Å². The van der Waals surface area contributed by atoms with Crippen LogP contribution in [0.25, 0.3) is 0 Å². The van der Waals surface area contributed by atoms with Gasteiger partial charge in [-0.3, -0.25) is 4.79 Å². The minimum Gasteiger partial charge on any atom is -0.398 e. The van der Waals surface area contributed by atoms with Gasteiger partial charge in [0.05, 0.1) is 5.56 Å². The van der Waals surface area contributed by atoms with E-state index in [1.54, 1.807) is 0 Å². The number of likely N-dealkylation sites (tertiary alicyclic amines) is 1. The van der Waals surface area contributed by atoms with Gasteiger partial charge in [0.2, 0.25) is 0 Å². The first-order valence-electron chi connectivity index (χ1n) is 7.27. The number of carbonyl (C=O) groups excluding carboxylic acids is 1. The van der Waals surface area contributed by atoms with Crippen molar-refractivity contribution in [3.63, 3.8) is 0 Å².